The van der Waals surface area contributed by atoms with Crippen molar-refractivity contribution in [1.82, 2.24) is 5.32 Å². The first-order chi connectivity index (χ1) is 7.57. The lowest BCUT2D eigenvalue weighted by Crippen LogP contribution is -2.35. The Morgan fingerprint density at radius 2 is 2.12 bits per heavy atom. The van der Waals surface area contributed by atoms with Gasteiger partial charge in [-0.1, -0.05) is 0 Å². The Morgan fingerprint density at radius 3 is 2.69 bits per heavy atom. The van der Waals surface area contributed by atoms with Crippen molar-refractivity contribution in [3.8, 4) is 0 Å². The Hall–Kier alpha value is -1.18. The molecule has 0 aliphatic rings. The third-order valence-electron chi connectivity index (χ3n) is 1.77. The number of ether oxygens (including phenoxy) is 1. The Balaban J connectivity index is 3.33. The lowest BCUT2D eigenvalue weighted by atomic mass is 10.3. The van der Waals surface area contributed by atoms with Crippen LogP contribution in [0.3, 0.4) is 0 Å². The van der Waals surface area contributed by atoms with Gasteiger partial charge in [-0.3, -0.25) is 9.59 Å². The van der Waals surface area contributed by atoms with E-state index < -0.39 is 12.0 Å². The summed E-state index contributed by atoms with van der Waals surface area (Å²) in [6.45, 7) is 1.15. The van der Waals surface area contributed by atoms with Crippen LogP contribution in [0, 0.1) is 0 Å². The third-order valence-corrected chi connectivity index (χ3v) is 1.77. The van der Waals surface area contributed by atoms with E-state index in [0.29, 0.717) is 32.5 Å². The van der Waals surface area contributed by atoms with Crippen molar-refractivity contribution in [3.63, 3.8) is 0 Å². The average Bonchev–Trinajstić information content (AvgIpc) is 2.25. The minimum atomic E-state index is -1.10. The van der Waals surface area contributed by atoms with Crippen LogP contribution in [-0.4, -0.2) is 49.3 Å². The predicted octanol–water partition coefficient (Wildman–Crippen LogP) is -1.73. The van der Waals surface area contributed by atoms with Gasteiger partial charge in [-0.25, -0.2) is 0 Å². The first kappa shape index (κ1) is 14.8. The summed E-state index contributed by atoms with van der Waals surface area (Å²) in [5.41, 5.74) is 10.4. The first-order valence-electron chi connectivity index (χ1n) is 5.10. The molecule has 0 aromatic rings. The van der Waals surface area contributed by atoms with Crippen molar-refractivity contribution in [2.24, 2.45) is 11.5 Å². The second kappa shape index (κ2) is 9.08. The van der Waals surface area contributed by atoms with Gasteiger partial charge in [-0.15, -0.1) is 0 Å². The van der Waals surface area contributed by atoms with E-state index in [2.05, 4.69) is 5.32 Å². The number of amides is 1. The summed E-state index contributed by atoms with van der Waals surface area (Å²) >= 11 is 0. The summed E-state index contributed by atoms with van der Waals surface area (Å²) in [4.78, 5) is 21.4. The molecule has 0 aliphatic carbocycles. The molecule has 6 N–H and O–H groups in total. The van der Waals surface area contributed by atoms with E-state index in [1.807, 2.05) is 0 Å². The van der Waals surface area contributed by atoms with Gasteiger partial charge in [0.2, 0.25) is 5.91 Å². The summed E-state index contributed by atoms with van der Waals surface area (Å²) in [6, 6.07) is -1.01. The SMILES string of the molecule is NCCNC(=O)CCCOC[C@H](N)C(=O)O. The minimum Gasteiger partial charge on any atom is -0.480 e. The molecular weight excluding hydrogens is 214 g/mol. The van der Waals surface area contributed by atoms with Crippen molar-refractivity contribution in [2.45, 2.75) is 18.9 Å². The molecule has 0 saturated carbocycles. The van der Waals surface area contributed by atoms with Crippen LogP contribution in [0.15, 0.2) is 0 Å². The zero-order chi connectivity index (χ0) is 12.4. The highest BCUT2D eigenvalue weighted by atomic mass is 16.5. The summed E-state index contributed by atoms with van der Waals surface area (Å²) in [5.74, 6) is -1.18. The standard InChI is InChI=1S/C9H19N3O4/c10-3-4-12-8(13)2-1-5-16-6-7(11)9(14)15/h7H,1-6,10-11H2,(H,12,13)(H,14,15)/t7-/m0/s1. The maximum Gasteiger partial charge on any atom is 0.322 e. The maximum atomic E-state index is 11.1. The number of nitrogens with one attached hydrogen (secondary N) is 1. The zero-order valence-corrected chi connectivity index (χ0v) is 9.15. The average molecular weight is 233 g/mol. The van der Waals surface area contributed by atoms with E-state index in [0.717, 1.165) is 0 Å². The van der Waals surface area contributed by atoms with Gasteiger partial charge in [0.15, 0.2) is 0 Å². The van der Waals surface area contributed by atoms with Crippen molar-refractivity contribution in [3.05, 3.63) is 0 Å². The second-order valence-corrected chi connectivity index (χ2v) is 3.26. The van der Waals surface area contributed by atoms with E-state index in [9.17, 15) is 9.59 Å². The van der Waals surface area contributed by atoms with Crippen LogP contribution in [0.2, 0.25) is 0 Å². The molecule has 7 heteroatoms. The molecule has 0 saturated heterocycles. The van der Waals surface area contributed by atoms with Crippen LogP contribution in [0.25, 0.3) is 0 Å². The lowest BCUT2D eigenvalue weighted by Gasteiger charge is -2.07. The Morgan fingerprint density at radius 1 is 1.44 bits per heavy atom. The van der Waals surface area contributed by atoms with Crippen molar-refractivity contribution in [2.75, 3.05) is 26.3 Å². The molecule has 0 aromatic carbocycles. The number of aliphatic carboxylic acids is 1. The quantitative estimate of drug-likeness (QED) is 0.350. The number of hydrogen-bond donors (Lipinski definition) is 4. The molecule has 0 unspecified atom stereocenters. The van der Waals surface area contributed by atoms with Crippen molar-refractivity contribution < 1.29 is 19.4 Å². The lowest BCUT2D eigenvalue weighted by molar-refractivity contribution is -0.140. The topological polar surface area (TPSA) is 128 Å². The predicted molar refractivity (Wildman–Crippen MR) is 57.7 cm³/mol. The molecule has 0 radical (unpaired) electrons. The number of nitrogens with two attached hydrogens (primary N) is 2. The Labute approximate surface area is 94.1 Å². The van der Waals surface area contributed by atoms with Gasteiger partial charge in [-0.2, -0.15) is 0 Å². The van der Waals surface area contributed by atoms with Gasteiger partial charge in [0.25, 0.3) is 0 Å². The number of carbonyl (C=O) groups is 2. The highest BCUT2D eigenvalue weighted by Crippen LogP contribution is 1.91. The number of carbonyl (C=O) groups excluding carboxylic acids is 1. The molecule has 0 heterocycles. The van der Waals surface area contributed by atoms with E-state index in [1.54, 1.807) is 0 Å². The van der Waals surface area contributed by atoms with Gasteiger partial charge >= 0.3 is 5.97 Å². The van der Waals surface area contributed by atoms with Crippen LogP contribution >= 0.6 is 0 Å². The van der Waals surface area contributed by atoms with E-state index >= 15 is 0 Å². The van der Waals surface area contributed by atoms with Crippen molar-refractivity contribution in [1.29, 1.82) is 0 Å². The fourth-order valence-electron chi connectivity index (χ4n) is 0.916. The summed E-state index contributed by atoms with van der Waals surface area (Å²) in [5, 5.41) is 11.1. The fourth-order valence-corrected chi connectivity index (χ4v) is 0.916. The fraction of sp³-hybridized carbons (Fsp3) is 0.778. The smallest absolute Gasteiger partial charge is 0.322 e. The zero-order valence-electron chi connectivity index (χ0n) is 9.15. The molecule has 0 bridgehead atoms. The molecule has 1 amide bonds. The summed E-state index contributed by atoms with van der Waals surface area (Å²) < 4.78 is 5.00. The normalized spacial score (nSPS) is 12.1. The highest BCUT2D eigenvalue weighted by Gasteiger charge is 2.10. The van der Waals surface area contributed by atoms with Gasteiger partial charge in [0.05, 0.1) is 6.61 Å². The molecule has 1 atom stereocenters. The second-order valence-electron chi connectivity index (χ2n) is 3.26. The van der Waals surface area contributed by atoms with Crippen LogP contribution in [-0.2, 0) is 14.3 Å². The summed E-state index contributed by atoms with van der Waals surface area (Å²) in [6.07, 6.45) is 0.866. The van der Waals surface area contributed by atoms with E-state index in [1.165, 1.54) is 0 Å². The van der Waals surface area contributed by atoms with E-state index in [-0.39, 0.29) is 12.5 Å². The van der Waals surface area contributed by atoms with Crippen LogP contribution < -0.4 is 16.8 Å². The third kappa shape index (κ3) is 8.16. The number of carboxylic acid groups (broad SMARTS) is 1. The molecule has 94 valence electrons. The van der Waals surface area contributed by atoms with Gasteiger partial charge in [0, 0.05) is 26.1 Å². The summed E-state index contributed by atoms with van der Waals surface area (Å²) in [7, 11) is 0. The van der Waals surface area contributed by atoms with Crippen LogP contribution in [0.1, 0.15) is 12.8 Å². The van der Waals surface area contributed by atoms with Crippen LogP contribution in [0.4, 0.5) is 0 Å². The largest absolute Gasteiger partial charge is 0.480 e. The van der Waals surface area contributed by atoms with Gasteiger partial charge in [0.1, 0.15) is 6.04 Å². The Kier molecular flexibility index (Phi) is 8.41. The number of rotatable bonds is 9. The van der Waals surface area contributed by atoms with E-state index in [4.69, 9.17) is 21.3 Å². The molecule has 0 spiro atoms. The highest BCUT2D eigenvalue weighted by molar-refractivity contribution is 5.75. The van der Waals surface area contributed by atoms with Crippen molar-refractivity contribution >= 4 is 11.9 Å². The molecule has 0 fully saturated rings. The number of hydrogen-bond acceptors (Lipinski definition) is 5. The van der Waals surface area contributed by atoms with Gasteiger partial charge < -0.3 is 26.6 Å². The molecule has 0 aromatic heterocycles. The molecular formula is C9H19N3O4. The maximum absolute atomic E-state index is 11.1. The van der Waals surface area contributed by atoms with Gasteiger partial charge in [-0.05, 0) is 6.42 Å². The first-order valence-corrected chi connectivity index (χ1v) is 5.10. The molecule has 0 aliphatic heterocycles. The molecule has 16 heavy (non-hydrogen) atoms. The van der Waals surface area contributed by atoms with Crippen LogP contribution in [0.5, 0.6) is 0 Å². The Bertz CT molecular complexity index is 223. The molecule has 0 rings (SSSR count). The monoisotopic (exact) mass is 233 g/mol. The number of carboxylic acids is 1. The molecule has 7 nitrogen and oxygen atoms in total. The minimum absolute atomic E-state index is 0.0419.